The number of carbonyl (C=O) groups excluding carboxylic acids is 1. The van der Waals surface area contributed by atoms with Crippen molar-refractivity contribution in [2.75, 3.05) is 31.1 Å². The number of nitrogens with zero attached hydrogens (tertiary/aromatic N) is 5. The van der Waals surface area contributed by atoms with Gasteiger partial charge < -0.3 is 14.4 Å². The highest BCUT2D eigenvalue weighted by molar-refractivity contribution is 5.81. The first-order chi connectivity index (χ1) is 14.1. The standard InChI is InChI=1S/C21H23N5O3/c1-2-20-22-18-5-3-4-6-19(18)25(20)15-21(27)24-13-11-23(12-14-24)16-7-9-17(10-8-16)26(28)29/h3-10H,2,11-15H2,1H3. The van der Waals surface area contributed by atoms with E-state index in [1.54, 1.807) is 12.1 Å². The second-order valence-electron chi connectivity index (χ2n) is 7.10. The van der Waals surface area contributed by atoms with Crippen molar-refractivity contribution in [3.05, 3.63) is 64.5 Å². The predicted octanol–water partition coefficient (Wildman–Crippen LogP) is 2.86. The molecule has 0 saturated carbocycles. The van der Waals surface area contributed by atoms with Crippen LogP contribution in [0, 0.1) is 10.1 Å². The maximum absolute atomic E-state index is 12.9. The van der Waals surface area contributed by atoms with Gasteiger partial charge in [-0.25, -0.2) is 4.98 Å². The summed E-state index contributed by atoms with van der Waals surface area (Å²) in [5.41, 5.74) is 2.93. The Balaban J connectivity index is 1.41. The molecule has 8 heteroatoms. The van der Waals surface area contributed by atoms with Crippen LogP contribution in [0.3, 0.4) is 0 Å². The Hall–Kier alpha value is -3.42. The van der Waals surface area contributed by atoms with Gasteiger partial charge in [0.25, 0.3) is 5.69 Å². The third kappa shape index (κ3) is 3.78. The largest absolute Gasteiger partial charge is 0.368 e. The summed E-state index contributed by atoms with van der Waals surface area (Å²) in [6, 6.07) is 14.5. The number of nitro groups is 1. The smallest absolute Gasteiger partial charge is 0.269 e. The molecule has 0 atom stereocenters. The van der Waals surface area contributed by atoms with Crippen molar-refractivity contribution in [2.24, 2.45) is 0 Å². The molecule has 1 aliphatic rings. The van der Waals surface area contributed by atoms with Crippen molar-refractivity contribution >= 4 is 28.3 Å². The minimum absolute atomic E-state index is 0.0850. The Morgan fingerprint density at radius 3 is 2.41 bits per heavy atom. The van der Waals surface area contributed by atoms with Gasteiger partial charge in [-0.05, 0) is 24.3 Å². The van der Waals surface area contributed by atoms with E-state index in [1.807, 2.05) is 40.7 Å². The van der Waals surface area contributed by atoms with Crippen LogP contribution in [0.2, 0.25) is 0 Å². The molecule has 0 N–H and O–H groups in total. The molecule has 150 valence electrons. The van der Waals surface area contributed by atoms with E-state index in [-0.39, 0.29) is 11.6 Å². The summed E-state index contributed by atoms with van der Waals surface area (Å²) in [5, 5.41) is 10.8. The second-order valence-corrected chi connectivity index (χ2v) is 7.10. The summed E-state index contributed by atoms with van der Waals surface area (Å²) in [6.45, 7) is 5.00. The summed E-state index contributed by atoms with van der Waals surface area (Å²) >= 11 is 0. The maximum atomic E-state index is 12.9. The number of benzene rings is 2. The Bertz CT molecular complexity index is 1040. The van der Waals surface area contributed by atoms with E-state index in [2.05, 4.69) is 9.88 Å². The van der Waals surface area contributed by atoms with Gasteiger partial charge in [0.1, 0.15) is 12.4 Å². The Labute approximate surface area is 168 Å². The van der Waals surface area contributed by atoms with Crippen LogP contribution < -0.4 is 4.90 Å². The molecule has 0 aliphatic carbocycles. The lowest BCUT2D eigenvalue weighted by Gasteiger charge is -2.36. The number of non-ortho nitro benzene ring substituents is 1. The van der Waals surface area contributed by atoms with E-state index in [1.165, 1.54) is 12.1 Å². The van der Waals surface area contributed by atoms with Crippen molar-refractivity contribution in [3.63, 3.8) is 0 Å². The molecule has 2 heterocycles. The van der Waals surface area contributed by atoms with Gasteiger partial charge in [0.05, 0.1) is 16.0 Å². The van der Waals surface area contributed by atoms with E-state index < -0.39 is 4.92 Å². The van der Waals surface area contributed by atoms with Crippen LogP contribution in [0.15, 0.2) is 48.5 Å². The van der Waals surface area contributed by atoms with E-state index in [0.717, 1.165) is 29.0 Å². The van der Waals surface area contributed by atoms with Gasteiger partial charge in [0, 0.05) is 50.4 Å². The first-order valence-electron chi connectivity index (χ1n) is 9.78. The van der Waals surface area contributed by atoms with Crippen LogP contribution >= 0.6 is 0 Å². The molecule has 1 aliphatic heterocycles. The number of fused-ring (bicyclic) bond motifs is 1. The van der Waals surface area contributed by atoms with Crippen molar-refractivity contribution in [1.29, 1.82) is 0 Å². The van der Waals surface area contributed by atoms with Crippen LogP contribution in [-0.2, 0) is 17.8 Å². The monoisotopic (exact) mass is 393 g/mol. The van der Waals surface area contributed by atoms with E-state index in [9.17, 15) is 14.9 Å². The first-order valence-corrected chi connectivity index (χ1v) is 9.78. The van der Waals surface area contributed by atoms with Crippen LogP contribution in [-0.4, -0.2) is 51.5 Å². The molecular formula is C21H23N5O3. The zero-order valence-corrected chi connectivity index (χ0v) is 16.3. The summed E-state index contributed by atoms with van der Waals surface area (Å²) in [7, 11) is 0. The van der Waals surface area contributed by atoms with Crippen molar-refractivity contribution in [2.45, 2.75) is 19.9 Å². The van der Waals surface area contributed by atoms with Gasteiger partial charge in [-0.15, -0.1) is 0 Å². The highest BCUT2D eigenvalue weighted by atomic mass is 16.6. The van der Waals surface area contributed by atoms with Crippen LogP contribution in [0.1, 0.15) is 12.7 Å². The molecule has 2 aromatic carbocycles. The second kappa shape index (κ2) is 7.90. The number of hydrogen-bond acceptors (Lipinski definition) is 5. The molecule has 1 saturated heterocycles. The molecule has 8 nitrogen and oxygen atoms in total. The Morgan fingerprint density at radius 2 is 1.76 bits per heavy atom. The fraction of sp³-hybridized carbons (Fsp3) is 0.333. The van der Waals surface area contributed by atoms with Crippen molar-refractivity contribution in [1.82, 2.24) is 14.5 Å². The molecular weight excluding hydrogens is 370 g/mol. The van der Waals surface area contributed by atoms with Crippen LogP contribution in [0.4, 0.5) is 11.4 Å². The van der Waals surface area contributed by atoms with Gasteiger partial charge in [0.2, 0.25) is 5.91 Å². The molecule has 1 amide bonds. The highest BCUT2D eigenvalue weighted by Gasteiger charge is 2.23. The minimum Gasteiger partial charge on any atom is -0.368 e. The number of anilines is 1. The lowest BCUT2D eigenvalue weighted by atomic mass is 10.2. The third-order valence-corrected chi connectivity index (χ3v) is 5.40. The Kier molecular flexibility index (Phi) is 5.16. The molecule has 0 unspecified atom stereocenters. The lowest BCUT2D eigenvalue weighted by molar-refractivity contribution is -0.384. The predicted molar refractivity (Wildman–Crippen MR) is 111 cm³/mol. The molecule has 0 radical (unpaired) electrons. The average Bonchev–Trinajstić information content (AvgIpc) is 3.11. The van der Waals surface area contributed by atoms with Crippen molar-refractivity contribution in [3.8, 4) is 0 Å². The average molecular weight is 393 g/mol. The number of nitro benzene ring substituents is 1. The molecule has 3 aromatic rings. The zero-order valence-electron chi connectivity index (χ0n) is 16.3. The molecule has 0 spiro atoms. The zero-order chi connectivity index (χ0) is 20.4. The molecule has 1 fully saturated rings. The SMILES string of the molecule is CCc1nc2ccccc2n1CC(=O)N1CCN(c2ccc([N+](=O)[O-])cc2)CC1. The highest BCUT2D eigenvalue weighted by Crippen LogP contribution is 2.21. The third-order valence-electron chi connectivity index (χ3n) is 5.40. The quantitative estimate of drug-likeness (QED) is 0.492. The fourth-order valence-corrected chi connectivity index (χ4v) is 3.81. The Morgan fingerprint density at radius 1 is 1.07 bits per heavy atom. The number of rotatable bonds is 5. The lowest BCUT2D eigenvalue weighted by Crippen LogP contribution is -2.49. The summed E-state index contributed by atoms with van der Waals surface area (Å²) < 4.78 is 2.01. The first kappa shape index (κ1) is 18.9. The normalized spacial score (nSPS) is 14.4. The van der Waals surface area contributed by atoms with Crippen LogP contribution in [0.25, 0.3) is 11.0 Å². The number of aryl methyl sites for hydroxylation is 1. The van der Waals surface area contributed by atoms with E-state index in [4.69, 9.17) is 0 Å². The van der Waals surface area contributed by atoms with Crippen molar-refractivity contribution < 1.29 is 9.72 Å². The number of para-hydroxylation sites is 2. The number of aromatic nitrogens is 2. The van der Waals surface area contributed by atoms with Gasteiger partial charge in [-0.3, -0.25) is 14.9 Å². The number of imidazole rings is 1. The number of amides is 1. The van der Waals surface area contributed by atoms with E-state index in [0.29, 0.717) is 32.7 Å². The maximum Gasteiger partial charge on any atom is 0.269 e. The molecule has 1 aromatic heterocycles. The van der Waals surface area contributed by atoms with Gasteiger partial charge in [-0.1, -0.05) is 19.1 Å². The minimum atomic E-state index is -0.398. The summed E-state index contributed by atoms with van der Waals surface area (Å²) in [4.78, 5) is 32.0. The molecule has 4 rings (SSSR count). The van der Waals surface area contributed by atoms with Gasteiger partial charge in [-0.2, -0.15) is 0 Å². The van der Waals surface area contributed by atoms with Gasteiger partial charge >= 0.3 is 0 Å². The van der Waals surface area contributed by atoms with E-state index >= 15 is 0 Å². The van der Waals surface area contributed by atoms with Crippen LogP contribution in [0.5, 0.6) is 0 Å². The number of piperazine rings is 1. The fourth-order valence-electron chi connectivity index (χ4n) is 3.81. The molecule has 0 bridgehead atoms. The molecule has 29 heavy (non-hydrogen) atoms. The topological polar surface area (TPSA) is 84.5 Å². The summed E-state index contributed by atoms with van der Waals surface area (Å²) in [5.74, 6) is 1.01. The number of carbonyl (C=O) groups is 1. The number of hydrogen-bond donors (Lipinski definition) is 0. The summed E-state index contributed by atoms with van der Waals surface area (Å²) in [6.07, 6.45) is 0.774. The van der Waals surface area contributed by atoms with Gasteiger partial charge in [0.15, 0.2) is 0 Å².